The summed E-state index contributed by atoms with van der Waals surface area (Å²) in [5, 5.41) is 10.8. The highest BCUT2D eigenvalue weighted by molar-refractivity contribution is 14.0. The van der Waals surface area contributed by atoms with E-state index >= 15 is 0 Å². The molecule has 2 aromatic rings. The molecule has 1 aliphatic rings. The van der Waals surface area contributed by atoms with Crippen LogP contribution < -0.4 is 10.6 Å². The fourth-order valence-corrected chi connectivity index (χ4v) is 3.38. The fraction of sp³-hybridized carbons (Fsp3) is 0.500. The Morgan fingerprint density at radius 1 is 1.23 bits per heavy atom. The van der Waals surface area contributed by atoms with Gasteiger partial charge in [0.05, 0.1) is 17.9 Å². The molecule has 0 aliphatic carbocycles. The molecule has 1 aliphatic heterocycles. The summed E-state index contributed by atoms with van der Waals surface area (Å²) in [4.78, 5) is 5.93. The first-order valence-corrected chi connectivity index (χ1v) is 9.97. The second-order valence-electron chi connectivity index (χ2n) is 7.22. The fourth-order valence-electron chi connectivity index (χ4n) is 3.38. The van der Waals surface area contributed by atoms with Crippen molar-refractivity contribution in [1.29, 1.82) is 0 Å². The third kappa shape index (κ3) is 8.28. The first kappa shape index (κ1) is 25.4. The summed E-state index contributed by atoms with van der Waals surface area (Å²) in [6.45, 7) is 2.95. The van der Waals surface area contributed by atoms with Gasteiger partial charge in [0.1, 0.15) is 5.82 Å². The molecule has 0 radical (unpaired) electrons. The van der Waals surface area contributed by atoms with E-state index in [-0.39, 0.29) is 35.8 Å². The predicted octanol–water partition coefficient (Wildman–Crippen LogP) is 3.36. The van der Waals surface area contributed by atoms with Gasteiger partial charge in [0.25, 0.3) is 0 Å². The Balaban J connectivity index is 0.00000341. The summed E-state index contributed by atoms with van der Waals surface area (Å²) in [6, 6.07) is 7.89. The maximum Gasteiger partial charge on any atom is 0.401 e. The maximum atomic E-state index is 13.0. The van der Waals surface area contributed by atoms with Crippen LogP contribution in [0.1, 0.15) is 19.0 Å². The van der Waals surface area contributed by atoms with Crippen LogP contribution in [0.4, 0.5) is 17.6 Å². The van der Waals surface area contributed by atoms with Crippen molar-refractivity contribution < 1.29 is 17.6 Å². The van der Waals surface area contributed by atoms with Crippen molar-refractivity contribution in [3.8, 4) is 5.69 Å². The number of nitrogens with one attached hydrogen (secondary N) is 2. The predicted molar refractivity (Wildman–Crippen MR) is 123 cm³/mol. The zero-order valence-electron chi connectivity index (χ0n) is 17.2. The van der Waals surface area contributed by atoms with Crippen molar-refractivity contribution in [3.05, 3.63) is 48.0 Å². The highest BCUT2D eigenvalue weighted by atomic mass is 127. The van der Waals surface area contributed by atoms with Gasteiger partial charge in [-0.3, -0.25) is 9.89 Å². The van der Waals surface area contributed by atoms with E-state index in [0.29, 0.717) is 45.0 Å². The van der Waals surface area contributed by atoms with Gasteiger partial charge < -0.3 is 10.6 Å². The van der Waals surface area contributed by atoms with Gasteiger partial charge in [-0.25, -0.2) is 9.07 Å². The van der Waals surface area contributed by atoms with Crippen molar-refractivity contribution in [2.24, 2.45) is 4.99 Å². The molecule has 0 spiro atoms. The topological polar surface area (TPSA) is 57.5 Å². The molecule has 1 atom stereocenters. The Morgan fingerprint density at radius 3 is 2.65 bits per heavy atom. The molecule has 1 saturated heterocycles. The Morgan fingerprint density at radius 2 is 1.97 bits per heavy atom. The zero-order chi connectivity index (χ0) is 21.6. The van der Waals surface area contributed by atoms with Crippen LogP contribution in [0.3, 0.4) is 0 Å². The van der Waals surface area contributed by atoms with E-state index < -0.39 is 12.7 Å². The number of rotatable bonds is 7. The number of likely N-dealkylation sites (tertiary alicyclic amines) is 1. The Kier molecular flexibility index (Phi) is 9.54. The molecule has 0 amide bonds. The van der Waals surface area contributed by atoms with E-state index in [0.717, 1.165) is 11.4 Å². The molecular weight excluding hydrogens is 527 g/mol. The van der Waals surface area contributed by atoms with Crippen LogP contribution in [0.25, 0.3) is 5.69 Å². The highest BCUT2D eigenvalue weighted by Gasteiger charge is 2.34. The number of nitrogens with zero attached hydrogens (tertiary/aromatic N) is 4. The Labute approximate surface area is 196 Å². The van der Waals surface area contributed by atoms with Gasteiger partial charge >= 0.3 is 6.18 Å². The Bertz CT molecular complexity index is 837. The number of benzene rings is 1. The first-order chi connectivity index (χ1) is 14.3. The van der Waals surface area contributed by atoms with E-state index in [9.17, 15) is 17.6 Å². The highest BCUT2D eigenvalue weighted by Crippen LogP contribution is 2.20. The number of guanidine groups is 1. The van der Waals surface area contributed by atoms with E-state index in [1.54, 1.807) is 16.8 Å². The molecular formula is C20H27F4IN6. The van der Waals surface area contributed by atoms with Crippen LogP contribution in [-0.4, -0.2) is 65.6 Å². The van der Waals surface area contributed by atoms with Gasteiger partial charge in [0, 0.05) is 44.8 Å². The molecule has 172 valence electrons. The number of alkyl halides is 3. The van der Waals surface area contributed by atoms with E-state index in [1.807, 2.05) is 19.2 Å². The number of halogens is 5. The molecule has 1 aromatic heterocycles. The molecule has 6 nitrogen and oxygen atoms in total. The van der Waals surface area contributed by atoms with Gasteiger partial charge in [-0.05, 0) is 43.7 Å². The normalized spacial score (nSPS) is 17.5. The zero-order valence-corrected chi connectivity index (χ0v) is 19.5. The molecule has 3 rings (SSSR count). The van der Waals surface area contributed by atoms with Crippen LogP contribution in [0.15, 0.2) is 41.5 Å². The van der Waals surface area contributed by atoms with Crippen molar-refractivity contribution >= 4 is 29.9 Å². The summed E-state index contributed by atoms with van der Waals surface area (Å²) < 4.78 is 52.4. The lowest BCUT2D eigenvalue weighted by atomic mass is 10.3. The summed E-state index contributed by atoms with van der Waals surface area (Å²) in [5.41, 5.74) is 1.61. The number of aliphatic imine (C=N–C) groups is 1. The maximum absolute atomic E-state index is 13.0. The molecule has 2 heterocycles. The lowest BCUT2D eigenvalue weighted by molar-refractivity contribution is -0.143. The second-order valence-corrected chi connectivity index (χ2v) is 7.22. The largest absolute Gasteiger partial charge is 0.401 e. The third-order valence-corrected chi connectivity index (χ3v) is 4.73. The minimum absolute atomic E-state index is 0. The van der Waals surface area contributed by atoms with E-state index in [4.69, 9.17) is 0 Å². The molecule has 1 aromatic carbocycles. The van der Waals surface area contributed by atoms with Crippen molar-refractivity contribution in [3.63, 3.8) is 0 Å². The van der Waals surface area contributed by atoms with Gasteiger partial charge in [0.2, 0.25) is 0 Å². The van der Waals surface area contributed by atoms with E-state index in [2.05, 4.69) is 20.7 Å². The third-order valence-electron chi connectivity index (χ3n) is 4.73. The van der Waals surface area contributed by atoms with Gasteiger partial charge in [-0.2, -0.15) is 18.3 Å². The molecule has 2 N–H and O–H groups in total. The molecule has 31 heavy (non-hydrogen) atoms. The smallest absolute Gasteiger partial charge is 0.357 e. The minimum atomic E-state index is -4.18. The average molecular weight is 554 g/mol. The monoisotopic (exact) mass is 554 g/mol. The van der Waals surface area contributed by atoms with Crippen molar-refractivity contribution in [2.75, 3.05) is 32.7 Å². The van der Waals surface area contributed by atoms with Crippen LogP contribution in [0.5, 0.6) is 0 Å². The van der Waals surface area contributed by atoms with E-state index in [1.165, 1.54) is 17.0 Å². The van der Waals surface area contributed by atoms with Gasteiger partial charge in [-0.1, -0.05) is 0 Å². The molecule has 0 bridgehead atoms. The lowest BCUT2D eigenvalue weighted by Gasteiger charge is -2.19. The first-order valence-electron chi connectivity index (χ1n) is 9.97. The molecule has 1 unspecified atom stereocenters. The molecule has 11 heteroatoms. The lowest BCUT2D eigenvalue weighted by Crippen LogP contribution is -2.45. The minimum Gasteiger partial charge on any atom is -0.357 e. The molecule has 0 saturated carbocycles. The number of aromatic nitrogens is 2. The van der Waals surface area contributed by atoms with Crippen LogP contribution in [0, 0.1) is 5.82 Å². The van der Waals surface area contributed by atoms with Crippen LogP contribution in [-0.2, 0) is 6.42 Å². The summed E-state index contributed by atoms with van der Waals surface area (Å²) in [5.74, 6) is 0.294. The Hall–Kier alpha value is -1.89. The standard InChI is InChI=1S/C20H26F4N6.HI/c1-2-25-19(27-17-8-11-29(13-17)14-20(22,23)24)26-10-7-16-9-12-30(28-16)18-5-3-15(21)4-6-18;/h3-6,9,12,17H,2,7-8,10-11,13-14H2,1H3,(H2,25,26,27);1H. The summed E-state index contributed by atoms with van der Waals surface area (Å²) in [6.07, 6.45) is -1.12. The quantitative estimate of drug-likeness (QED) is 0.239. The average Bonchev–Trinajstić information content (AvgIpc) is 3.31. The van der Waals surface area contributed by atoms with Gasteiger partial charge in [-0.15, -0.1) is 24.0 Å². The SMILES string of the molecule is CCNC(=NCCc1ccn(-c2ccc(F)cc2)n1)NC1CCN(CC(F)(F)F)C1.I. The molecule has 1 fully saturated rings. The summed E-state index contributed by atoms with van der Waals surface area (Å²) >= 11 is 0. The number of hydrogen-bond donors (Lipinski definition) is 2. The number of hydrogen-bond acceptors (Lipinski definition) is 3. The van der Waals surface area contributed by atoms with Crippen molar-refractivity contribution in [1.82, 2.24) is 25.3 Å². The second kappa shape index (κ2) is 11.7. The van der Waals surface area contributed by atoms with Crippen LogP contribution in [0.2, 0.25) is 0 Å². The van der Waals surface area contributed by atoms with Crippen molar-refractivity contribution in [2.45, 2.75) is 32.0 Å². The van der Waals surface area contributed by atoms with Gasteiger partial charge in [0.15, 0.2) is 5.96 Å². The van der Waals surface area contributed by atoms with Crippen LogP contribution >= 0.6 is 24.0 Å². The summed E-state index contributed by atoms with van der Waals surface area (Å²) in [7, 11) is 0.